The second-order valence-electron chi connectivity index (χ2n) is 3.18. The van der Waals surface area contributed by atoms with Crippen LogP contribution in [0.5, 0.6) is 0 Å². The molecule has 0 radical (unpaired) electrons. The van der Waals surface area contributed by atoms with Gasteiger partial charge in [0.2, 0.25) is 0 Å². The van der Waals surface area contributed by atoms with Crippen LogP contribution in [0.1, 0.15) is 0 Å². The van der Waals surface area contributed by atoms with Gasteiger partial charge >= 0.3 is 7.32 Å². The summed E-state index contributed by atoms with van der Waals surface area (Å²) in [6.07, 6.45) is 1.18. The zero-order valence-electron chi connectivity index (χ0n) is 6.65. The van der Waals surface area contributed by atoms with Crippen molar-refractivity contribution >= 4 is 17.2 Å². The zero-order valence-corrected chi connectivity index (χ0v) is 7.46. The number of hydrogen-bond acceptors (Lipinski definition) is 5. The minimum absolute atomic E-state index is 0.177. The molecule has 0 aromatic rings. The van der Waals surface area contributed by atoms with Gasteiger partial charge in [0.25, 0.3) is 0 Å². The Morgan fingerprint density at radius 2 is 1.58 bits per heavy atom. The molecule has 0 aliphatic carbocycles. The van der Waals surface area contributed by atoms with E-state index < -0.39 is 21.9 Å². The van der Waals surface area contributed by atoms with E-state index in [0.717, 1.165) is 0 Å². The van der Waals surface area contributed by atoms with Gasteiger partial charge in [0.1, 0.15) is 4.75 Å². The monoisotopic (exact) mass is 192 g/mol. The van der Waals surface area contributed by atoms with Crippen LogP contribution in [0.4, 0.5) is 0 Å². The molecule has 3 rings (SSSR count). The van der Waals surface area contributed by atoms with Gasteiger partial charge in [0, 0.05) is 6.26 Å². The maximum Gasteiger partial charge on any atom is 0.639 e. The number of sulfone groups is 1. The minimum atomic E-state index is -3.17. The average molecular weight is 192 g/mol. The van der Waals surface area contributed by atoms with Crippen LogP contribution in [-0.2, 0) is 23.8 Å². The van der Waals surface area contributed by atoms with Crippen LogP contribution in [0.2, 0.25) is 0 Å². The Balaban J connectivity index is 2.31. The molecule has 0 amide bonds. The van der Waals surface area contributed by atoms with Crippen molar-refractivity contribution in [1.29, 1.82) is 0 Å². The Kier molecular flexibility index (Phi) is 1.73. The average Bonchev–Trinajstić information content (AvgIpc) is 2.06. The third kappa shape index (κ3) is 1.08. The first-order valence-corrected chi connectivity index (χ1v) is 5.47. The molecule has 0 saturated carbocycles. The summed E-state index contributed by atoms with van der Waals surface area (Å²) >= 11 is 0. The highest BCUT2D eigenvalue weighted by Gasteiger charge is 2.53. The molecule has 12 heavy (non-hydrogen) atoms. The predicted molar refractivity (Wildman–Crippen MR) is 41.2 cm³/mol. The van der Waals surface area contributed by atoms with Gasteiger partial charge in [-0.2, -0.15) is 0 Å². The zero-order chi connectivity index (χ0) is 8.82. The van der Waals surface area contributed by atoms with Gasteiger partial charge in [-0.05, 0) is 0 Å². The van der Waals surface area contributed by atoms with Crippen molar-refractivity contribution in [1.82, 2.24) is 0 Å². The van der Waals surface area contributed by atoms with Crippen molar-refractivity contribution in [2.45, 2.75) is 4.75 Å². The minimum Gasteiger partial charge on any atom is -0.384 e. The molecule has 0 aromatic carbocycles. The van der Waals surface area contributed by atoms with Crippen LogP contribution >= 0.6 is 0 Å². The van der Waals surface area contributed by atoms with E-state index in [4.69, 9.17) is 14.0 Å². The largest absolute Gasteiger partial charge is 0.639 e. The quantitative estimate of drug-likeness (QED) is 0.490. The maximum atomic E-state index is 11.3. The van der Waals surface area contributed by atoms with Crippen molar-refractivity contribution in [3.8, 4) is 0 Å². The normalized spacial score (nSPS) is 27.6. The van der Waals surface area contributed by atoms with Gasteiger partial charge in [-0.3, -0.25) is 0 Å². The summed E-state index contributed by atoms with van der Waals surface area (Å²) in [5.74, 6) is 0. The molecule has 0 N–H and O–H groups in total. The van der Waals surface area contributed by atoms with Crippen LogP contribution in [0.3, 0.4) is 0 Å². The lowest BCUT2D eigenvalue weighted by molar-refractivity contribution is -0.0404. The summed E-state index contributed by atoms with van der Waals surface area (Å²) in [5.41, 5.74) is 0. The van der Waals surface area contributed by atoms with E-state index in [-0.39, 0.29) is 19.8 Å². The molecule has 3 aliphatic heterocycles. The highest BCUT2D eigenvalue weighted by atomic mass is 32.2. The summed E-state index contributed by atoms with van der Waals surface area (Å²) in [7, 11) is -3.83. The molecule has 0 spiro atoms. The fourth-order valence-corrected chi connectivity index (χ4v) is 2.10. The van der Waals surface area contributed by atoms with E-state index in [0.29, 0.717) is 0 Å². The first-order valence-electron chi connectivity index (χ1n) is 3.58. The van der Waals surface area contributed by atoms with Gasteiger partial charge in [0.15, 0.2) is 9.84 Å². The van der Waals surface area contributed by atoms with E-state index in [2.05, 4.69) is 0 Å². The third-order valence-electron chi connectivity index (χ3n) is 2.23. The van der Waals surface area contributed by atoms with E-state index >= 15 is 0 Å². The highest BCUT2D eigenvalue weighted by Crippen LogP contribution is 2.28. The molecule has 0 unspecified atom stereocenters. The van der Waals surface area contributed by atoms with E-state index in [9.17, 15) is 8.42 Å². The second kappa shape index (κ2) is 2.44. The Morgan fingerprint density at radius 1 is 1.17 bits per heavy atom. The fraction of sp³-hybridized carbons (Fsp3) is 1.00. The Bertz CT molecular complexity index is 264. The number of fused-ring (bicyclic) bond motifs is 3. The lowest BCUT2D eigenvalue weighted by atomic mass is 10.0. The smallest absolute Gasteiger partial charge is 0.384 e. The van der Waals surface area contributed by atoms with Gasteiger partial charge < -0.3 is 14.0 Å². The van der Waals surface area contributed by atoms with E-state index in [1.807, 2.05) is 0 Å². The molecule has 3 saturated heterocycles. The first kappa shape index (κ1) is 8.49. The van der Waals surface area contributed by atoms with Crippen LogP contribution in [0.15, 0.2) is 0 Å². The van der Waals surface area contributed by atoms with Gasteiger partial charge in [0.05, 0.1) is 19.8 Å². The van der Waals surface area contributed by atoms with Crippen LogP contribution < -0.4 is 0 Å². The molecule has 7 heteroatoms. The molecular weight excluding hydrogens is 183 g/mol. The molecule has 3 aliphatic rings. The Hall–Kier alpha value is -0.105. The highest BCUT2D eigenvalue weighted by molar-refractivity contribution is 7.92. The molecule has 5 nitrogen and oxygen atoms in total. The molecule has 68 valence electrons. The topological polar surface area (TPSA) is 61.8 Å². The van der Waals surface area contributed by atoms with Gasteiger partial charge in [-0.1, -0.05) is 0 Å². The first-order chi connectivity index (χ1) is 5.54. The SMILES string of the molecule is CS(=O)(=O)C12COB(OC1)OC2. The van der Waals surface area contributed by atoms with Crippen LogP contribution in [0, 0.1) is 0 Å². The summed E-state index contributed by atoms with van der Waals surface area (Å²) in [5, 5.41) is 0. The number of hydrogen-bond donors (Lipinski definition) is 0. The summed E-state index contributed by atoms with van der Waals surface area (Å²) in [6, 6.07) is 0. The molecule has 3 fully saturated rings. The van der Waals surface area contributed by atoms with Gasteiger partial charge in [-0.15, -0.1) is 0 Å². The summed E-state index contributed by atoms with van der Waals surface area (Å²) in [6.45, 7) is 0.531. The molecule has 0 aromatic heterocycles. The van der Waals surface area contributed by atoms with Crippen molar-refractivity contribution in [3.63, 3.8) is 0 Å². The predicted octanol–water partition coefficient (Wildman–Crippen LogP) is -1.17. The van der Waals surface area contributed by atoms with Crippen molar-refractivity contribution in [3.05, 3.63) is 0 Å². The van der Waals surface area contributed by atoms with E-state index in [1.54, 1.807) is 0 Å². The van der Waals surface area contributed by atoms with Crippen molar-refractivity contribution < 1.29 is 22.4 Å². The molecule has 3 heterocycles. The maximum absolute atomic E-state index is 11.3. The Labute approximate surface area is 71.1 Å². The van der Waals surface area contributed by atoms with Crippen molar-refractivity contribution in [2.24, 2.45) is 0 Å². The standard InChI is InChI=1S/C5H9BO5S/c1-12(7,8)5-2-9-6(10-3-5)11-4-5/h2-4H2,1H3. The third-order valence-corrected chi connectivity index (χ3v) is 4.16. The molecule has 2 bridgehead atoms. The second-order valence-corrected chi connectivity index (χ2v) is 5.59. The fourth-order valence-electron chi connectivity index (χ4n) is 1.25. The summed E-state index contributed by atoms with van der Waals surface area (Å²) in [4.78, 5) is 0. The van der Waals surface area contributed by atoms with E-state index in [1.165, 1.54) is 6.26 Å². The number of rotatable bonds is 1. The lowest BCUT2D eigenvalue weighted by Crippen LogP contribution is -2.63. The van der Waals surface area contributed by atoms with Crippen LogP contribution in [0.25, 0.3) is 0 Å². The lowest BCUT2D eigenvalue weighted by Gasteiger charge is -2.42. The van der Waals surface area contributed by atoms with Gasteiger partial charge in [-0.25, -0.2) is 8.42 Å². The van der Waals surface area contributed by atoms with Crippen LogP contribution in [-0.4, -0.2) is 46.6 Å². The Morgan fingerprint density at radius 3 is 1.83 bits per heavy atom. The van der Waals surface area contributed by atoms with Crippen molar-refractivity contribution in [2.75, 3.05) is 26.1 Å². The summed E-state index contributed by atoms with van der Waals surface area (Å²) < 4.78 is 36.6. The molecular formula is C5H9BO5S. The molecule has 0 atom stereocenters.